The number of esters is 1. The first-order valence-corrected chi connectivity index (χ1v) is 7.02. The van der Waals surface area contributed by atoms with Gasteiger partial charge < -0.3 is 4.74 Å². The Morgan fingerprint density at radius 2 is 2.37 bits per heavy atom. The Morgan fingerprint density at radius 3 is 3.05 bits per heavy atom. The molecule has 0 aromatic carbocycles. The van der Waals surface area contributed by atoms with Gasteiger partial charge in [-0.25, -0.2) is 4.98 Å². The van der Waals surface area contributed by atoms with Gasteiger partial charge in [0, 0.05) is 12.5 Å². The SMILES string of the molecule is C[C@@H]1C[C@H](N2CCCC[C@@H]2Cn2cncn2)C(=O)O1. The monoisotopic (exact) mass is 264 g/mol. The fourth-order valence-corrected chi connectivity index (χ4v) is 3.18. The van der Waals surface area contributed by atoms with E-state index in [1.54, 1.807) is 12.7 Å². The Hall–Kier alpha value is -1.43. The minimum atomic E-state index is -0.0659. The average molecular weight is 264 g/mol. The molecule has 3 atom stereocenters. The third-order valence-corrected chi connectivity index (χ3v) is 4.08. The summed E-state index contributed by atoms with van der Waals surface area (Å²) >= 11 is 0. The van der Waals surface area contributed by atoms with Crippen molar-refractivity contribution in [2.45, 2.75) is 57.3 Å². The molecule has 2 aliphatic heterocycles. The van der Waals surface area contributed by atoms with Crippen LogP contribution in [0, 0.1) is 0 Å². The van der Waals surface area contributed by atoms with Crippen LogP contribution in [0.5, 0.6) is 0 Å². The number of piperidine rings is 1. The van der Waals surface area contributed by atoms with Crippen molar-refractivity contribution in [3.8, 4) is 0 Å². The molecule has 0 N–H and O–H groups in total. The van der Waals surface area contributed by atoms with E-state index in [-0.39, 0.29) is 18.1 Å². The molecule has 19 heavy (non-hydrogen) atoms. The number of hydrogen-bond donors (Lipinski definition) is 0. The minimum Gasteiger partial charge on any atom is -0.461 e. The Labute approximate surface area is 112 Å². The van der Waals surface area contributed by atoms with E-state index in [0.717, 1.165) is 32.4 Å². The predicted octanol–water partition coefficient (Wildman–Crippen LogP) is 0.837. The van der Waals surface area contributed by atoms with Gasteiger partial charge in [-0.1, -0.05) is 6.42 Å². The molecule has 1 aromatic rings. The fraction of sp³-hybridized carbons (Fsp3) is 0.769. The normalized spacial score (nSPS) is 32.5. The third kappa shape index (κ3) is 2.63. The maximum Gasteiger partial charge on any atom is 0.323 e. The molecular weight excluding hydrogens is 244 g/mol. The molecule has 2 saturated heterocycles. The summed E-state index contributed by atoms with van der Waals surface area (Å²) in [7, 11) is 0. The molecule has 0 unspecified atom stereocenters. The van der Waals surface area contributed by atoms with Crippen LogP contribution in [0.1, 0.15) is 32.6 Å². The summed E-state index contributed by atoms with van der Waals surface area (Å²) in [4.78, 5) is 18.2. The second-order valence-corrected chi connectivity index (χ2v) is 5.50. The van der Waals surface area contributed by atoms with Crippen molar-refractivity contribution >= 4 is 5.97 Å². The molecule has 2 fully saturated rings. The van der Waals surface area contributed by atoms with Crippen LogP contribution >= 0.6 is 0 Å². The standard InChI is InChI=1S/C13H20N4O2/c1-10-6-12(13(18)19-10)17-5-3-2-4-11(17)7-16-9-14-8-15-16/h8-12H,2-7H2,1H3/t10-,11-,12+/m1/s1. The van der Waals surface area contributed by atoms with Crippen molar-refractivity contribution < 1.29 is 9.53 Å². The highest BCUT2D eigenvalue weighted by molar-refractivity contribution is 5.78. The van der Waals surface area contributed by atoms with E-state index < -0.39 is 0 Å². The maximum absolute atomic E-state index is 11.9. The molecule has 0 amide bonds. The Morgan fingerprint density at radius 1 is 1.47 bits per heavy atom. The van der Waals surface area contributed by atoms with E-state index in [2.05, 4.69) is 15.0 Å². The lowest BCUT2D eigenvalue weighted by Crippen LogP contribution is -2.50. The molecule has 6 nitrogen and oxygen atoms in total. The molecule has 0 bridgehead atoms. The highest BCUT2D eigenvalue weighted by atomic mass is 16.6. The lowest BCUT2D eigenvalue weighted by molar-refractivity contribution is -0.146. The molecule has 104 valence electrons. The molecule has 0 aliphatic carbocycles. The van der Waals surface area contributed by atoms with Crippen molar-refractivity contribution in [3.63, 3.8) is 0 Å². The van der Waals surface area contributed by atoms with E-state index in [0.29, 0.717) is 6.04 Å². The summed E-state index contributed by atoms with van der Waals surface area (Å²) in [5.41, 5.74) is 0. The molecule has 0 spiro atoms. The molecule has 1 aromatic heterocycles. The number of aromatic nitrogens is 3. The summed E-state index contributed by atoms with van der Waals surface area (Å²) < 4.78 is 7.15. The van der Waals surface area contributed by atoms with Crippen LogP contribution in [-0.2, 0) is 16.1 Å². The van der Waals surface area contributed by atoms with Crippen LogP contribution in [-0.4, -0.2) is 50.4 Å². The molecule has 0 saturated carbocycles. The summed E-state index contributed by atoms with van der Waals surface area (Å²) in [6.07, 6.45) is 7.64. The molecule has 0 radical (unpaired) electrons. The van der Waals surface area contributed by atoms with Gasteiger partial charge in [0.15, 0.2) is 0 Å². The van der Waals surface area contributed by atoms with Crippen molar-refractivity contribution in [1.82, 2.24) is 19.7 Å². The van der Waals surface area contributed by atoms with Gasteiger partial charge >= 0.3 is 5.97 Å². The smallest absolute Gasteiger partial charge is 0.323 e. The lowest BCUT2D eigenvalue weighted by atomic mass is 9.98. The topological polar surface area (TPSA) is 60.2 Å². The molecule has 3 rings (SSSR count). The van der Waals surface area contributed by atoms with Crippen molar-refractivity contribution in [2.75, 3.05) is 6.54 Å². The van der Waals surface area contributed by atoms with E-state index in [9.17, 15) is 4.79 Å². The lowest BCUT2D eigenvalue weighted by Gasteiger charge is -2.38. The summed E-state index contributed by atoms with van der Waals surface area (Å²) in [5.74, 6) is -0.0574. The van der Waals surface area contributed by atoms with Crippen LogP contribution in [0.3, 0.4) is 0 Å². The summed E-state index contributed by atoms with van der Waals surface area (Å²) in [6.45, 7) is 3.75. The summed E-state index contributed by atoms with van der Waals surface area (Å²) in [6, 6.07) is 0.294. The Balaban J connectivity index is 1.72. The number of hydrogen-bond acceptors (Lipinski definition) is 5. The zero-order chi connectivity index (χ0) is 13.2. The highest BCUT2D eigenvalue weighted by Crippen LogP contribution is 2.27. The maximum atomic E-state index is 11.9. The predicted molar refractivity (Wildman–Crippen MR) is 68.3 cm³/mol. The number of nitrogens with zero attached hydrogens (tertiary/aromatic N) is 4. The van der Waals surface area contributed by atoms with Crippen LogP contribution < -0.4 is 0 Å². The first kappa shape index (κ1) is 12.6. The third-order valence-electron chi connectivity index (χ3n) is 4.08. The second kappa shape index (κ2) is 5.28. The second-order valence-electron chi connectivity index (χ2n) is 5.50. The zero-order valence-corrected chi connectivity index (χ0v) is 11.2. The van der Waals surface area contributed by atoms with Crippen LogP contribution in [0.25, 0.3) is 0 Å². The van der Waals surface area contributed by atoms with Crippen molar-refractivity contribution in [1.29, 1.82) is 0 Å². The largest absolute Gasteiger partial charge is 0.461 e. The molecular formula is C13H20N4O2. The molecule has 6 heteroatoms. The first-order chi connectivity index (χ1) is 9.24. The quantitative estimate of drug-likeness (QED) is 0.757. The Kier molecular flexibility index (Phi) is 3.50. The molecule has 3 heterocycles. The number of cyclic esters (lactones) is 1. The van der Waals surface area contributed by atoms with Gasteiger partial charge in [-0.15, -0.1) is 0 Å². The van der Waals surface area contributed by atoms with Crippen molar-refractivity contribution in [2.24, 2.45) is 0 Å². The molecule has 2 aliphatic rings. The van der Waals surface area contributed by atoms with Gasteiger partial charge in [0.2, 0.25) is 0 Å². The number of rotatable bonds is 3. The van der Waals surface area contributed by atoms with Crippen molar-refractivity contribution in [3.05, 3.63) is 12.7 Å². The highest BCUT2D eigenvalue weighted by Gasteiger charge is 2.40. The minimum absolute atomic E-state index is 0.0476. The van der Waals surface area contributed by atoms with E-state index in [4.69, 9.17) is 4.74 Å². The van der Waals surface area contributed by atoms with Gasteiger partial charge in [0.25, 0.3) is 0 Å². The fourth-order valence-electron chi connectivity index (χ4n) is 3.18. The van der Waals surface area contributed by atoms with E-state index >= 15 is 0 Å². The first-order valence-electron chi connectivity index (χ1n) is 7.02. The van der Waals surface area contributed by atoms with Crippen LogP contribution in [0.4, 0.5) is 0 Å². The van der Waals surface area contributed by atoms with Crippen LogP contribution in [0.2, 0.25) is 0 Å². The number of likely N-dealkylation sites (tertiary alicyclic amines) is 1. The summed E-state index contributed by atoms with van der Waals surface area (Å²) in [5, 5.41) is 4.17. The van der Waals surface area contributed by atoms with Gasteiger partial charge in [-0.2, -0.15) is 5.10 Å². The van der Waals surface area contributed by atoms with E-state index in [1.165, 1.54) is 6.42 Å². The average Bonchev–Trinajstić information content (AvgIpc) is 3.00. The van der Waals surface area contributed by atoms with Gasteiger partial charge in [0.1, 0.15) is 24.8 Å². The zero-order valence-electron chi connectivity index (χ0n) is 11.2. The van der Waals surface area contributed by atoms with Gasteiger partial charge in [-0.05, 0) is 26.3 Å². The number of carbonyl (C=O) groups excluding carboxylic acids is 1. The number of carbonyl (C=O) groups is 1. The van der Waals surface area contributed by atoms with Gasteiger partial charge in [0.05, 0.1) is 6.54 Å². The Bertz CT molecular complexity index is 434. The van der Waals surface area contributed by atoms with Crippen LogP contribution in [0.15, 0.2) is 12.7 Å². The van der Waals surface area contributed by atoms with E-state index in [1.807, 2.05) is 11.6 Å². The number of ether oxygens (including phenoxy) is 1. The van der Waals surface area contributed by atoms with Gasteiger partial charge in [-0.3, -0.25) is 14.4 Å².